The first-order valence-electron chi connectivity index (χ1n) is 6.46. The summed E-state index contributed by atoms with van der Waals surface area (Å²) in [5, 5.41) is 16.1. The molecule has 110 valence electrons. The van der Waals surface area contributed by atoms with Crippen LogP contribution in [0.5, 0.6) is 5.75 Å². The van der Waals surface area contributed by atoms with E-state index in [9.17, 15) is 0 Å². The molecule has 2 rings (SSSR count). The van der Waals surface area contributed by atoms with Crippen LogP contribution in [0.4, 0.5) is 5.69 Å². The number of rotatable bonds is 4. The third-order valence-electron chi connectivity index (χ3n) is 2.77. The van der Waals surface area contributed by atoms with Crippen molar-refractivity contribution in [3.63, 3.8) is 0 Å². The smallest absolute Gasteiger partial charge is 0.191 e. The quantitative estimate of drug-likeness (QED) is 0.516. The topological polar surface area (TPSA) is 69.4 Å². The molecule has 2 N–H and O–H groups in total. The Bertz CT molecular complexity index is 720. The van der Waals surface area contributed by atoms with Crippen molar-refractivity contribution < 1.29 is 4.74 Å². The van der Waals surface area contributed by atoms with Gasteiger partial charge in [-0.2, -0.15) is 10.4 Å². The maximum atomic E-state index is 8.73. The van der Waals surface area contributed by atoms with Gasteiger partial charge in [-0.3, -0.25) is 5.43 Å². The van der Waals surface area contributed by atoms with Gasteiger partial charge in [0.2, 0.25) is 0 Å². The summed E-state index contributed by atoms with van der Waals surface area (Å²) >= 11 is 5.16. The zero-order chi connectivity index (χ0) is 15.8. The number of benzene rings is 2. The van der Waals surface area contributed by atoms with Crippen LogP contribution in [0.15, 0.2) is 53.6 Å². The second-order valence-electron chi connectivity index (χ2n) is 4.26. The predicted molar refractivity (Wildman–Crippen MR) is 91.1 cm³/mol. The maximum absolute atomic E-state index is 8.73. The number of nitrogens with zero attached hydrogens (tertiary/aromatic N) is 2. The van der Waals surface area contributed by atoms with E-state index in [0.717, 1.165) is 11.3 Å². The normalized spacial score (nSPS) is 10.0. The van der Waals surface area contributed by atoms with Gasteiger partial charge in [-0.05, 0) is 42.0 Å². The second kappa shape index (κ2) is 7.76. The Morgan fingerprint density at radius 1 is 1.23 bits per heavy atom. The molecule has 2 aromatic rings. The Kier molecular flexibility index (Phi) is 5.46. The van der Waals surface area contributed by atoms with Crippen molar-refractivity contribution in [2.24, 2.45) is 5.10 Å². The minimum atomic E-state index is 0.356. The minimum absolute atomic E-state index is 0.356. The fourth-order valence-corrected chi connectivity index (χ4v) is 1.87. The lowest BCUT2D eigenvalue weighted by atomic mass is 10.2. The van der Waals surface area contributed by atoms with Gasteiger partial charge in [-0.1, -0.05) is 24.3 Å². The standard InChI is InChI=1S/C16H14N4OS/c1-21-15-5-3-2-4-14(15)19-16(22)20-18-11-13-8-6-12(10-17)7-9-13/h2-9,11H,1H3,(H2,19,20,22)/b18-11-. The van der Waals surface area contributed by atoms with E-state index in [0.29, 0.717) is 16.4 Å². The number of nitrogens with one attached hydrogen (secondary N) is 2. The third-order valence-corrected chi connectivity index (χ3v) is 2.97. The van der Waals surface area contributed by atoms with E-state index in [1.54, 1.807) is 37.6 Å². The number of hydrogen-bond acceptors (Lipinski definition) is 4. The van der Waals surface area contributed by atoms with E-state index >= 15 is 0 Å². The average molecular weight is 310 g/mol. The van der Waals surface area contributed by atoms with E-state index in [-0.39, 0.29) is 0 Å². The molecule has 0 atom stereocenters. The summed E-state index contributed by atoms with van der Waals surface area (Å²) in [7, 11) is 1.60. The van der Waals surface area contributed by atoms with Gasteiger partial charge in [0.15, 0.2) is 5.11 Å². The lowest BCUT2D eigenvalue weighted by molar-refractivity contribution is 0.417. The lowest BCUT2D eigenvalue weighted by Gasteiger charge is -2.10. The van der Waals surface area contributed by atoms with Crippen molar-refractivity contribution in [1.82, 2.24) is 5.43 Å². The molecule has 0 unspecified atom stereocenters. The van der Waals surface area contributed by atoms with Crippen LogP contribution >= 0.6 is 12.2 Å². The maximum Gasteiger partial charge on any atom is 0.191 e. The Morgan fingerprint density at radius 3 is 2.64 bits per heavy atom. The number of hydrazone groups is 1. The van der Waals surface area contributed by atoms with Gasteiger partial charge in [0.1, 0.15) is 5.75 Å². The first-order chi connectivity index (χ1) is 10.7. The summed E-state index contributed by atoms with van der Waals surface area (Å²) < 4.78 is 5.23. The van der Waals surface area contributed by atoms with Crippen molar-refractivity contribution >= 4 is 29.2 Å². The van der Waals surface area contributed by atoms with Crippen molar-refractivity contribution in [2.45, 2.75) is 0 Å². The number of hydrogen-bond donors (Lipinski definition) is 2. The van der Waals surface area contributed by atoms with Crippen LogP contribution in [0.25, 0.3) is 0 Å². The summed E-state index contributed by atoms with van der Waals surface area (Å²) in [6.45, 7) is 0. The molecule has 0 heterocycles. The fraction of sp³-hybridized carbons (Fsp3) is 0.0625. The molecule has 22 heavy (non-hydrogen) atoms. The number of nitriles is 1. The summed E-state index contributed by atoms with van der Waals surface area (Å²) in [5.74, 6) is 0.697. The Morgan fingerprint density at radius 2 is 1.95 bits per heavy atom. The van der Waals surface area contributed by atoms with Crippen LogP contribution in [0, 0.1) is 11.3 Å². The first-order valence-corrected chi connectivity index (χ1v) is 6.87. The lowest BCUT2D eigenvalue weighted by Crippen LogP contribution is -2.24. The highest BCUT2D eigenvalue weighted by Crippen LogP contribution is 2.22. The number of ether oxygens (including phenoxy) is 1. The molecule has 0 saturated heterocycles. The zero-order valence-electron chi connectivity index (χ0n) is 11.9. The van der Waals surface area contributed by atoms with Gasteiger partial charge in [0.25, 0.3) is 0 Å². The molecule has 0 aliphatic carbocycles. The zero-order valence-corrected chi connectivity index (χ0v) is 12.7. The molecular formula is C16H14N4OS. The molecule has 0 aliphatic heterocycles. The average Bonchev–Trinajstić information content (AvgIpc) is 2.56. The van der Waals surface area contributed by atoms with Gasteiger partial charge < -0.3 is 10.1 Å². The van der Waals surface area contributed by atoms with Gasteiger partial charge in [0.05, 0.1) is 30.6 Å². The van der Waals surface area contributed by atoms with Crippen LogP contribution < -0.4 is 15.5 Å². The van der Waals surface area contributed by atoms with E-state index in [4.69, 9.17) is 22.2 Å². The van der Waals surface area contributed by atoms with Crippen molar-refractivity contribution in [2.75, 3.05) is 12.4 Å². The van der Waals surface area contributed by atoms with Crippen LogP contribution in [0.1, 0.15) is 11.1 Å². The number of thiocarbonyl (C=S) groups is 1. The van der Waals surface area contributed by atoms with Crippen molar-refractivity contribution in [3.8, 4) is 11.8 Å². The van der Waals surface area contributed by atoms with Gasteiger partial charge in [-0.15, -0.1) is 0 Å². The van der Waals surface area contributed by atoms with E-state index in [2.05, 4.69) is 21.9 Å². The Balaban J connectivity index is 1.92. The molecule has 0 amide bonds. The Labute approximate surface area is 134 Å². The summed E-state index contributed by atoms with van der Waals surface area (Å²) in [4.78, 5) is 0. The largest absolute Gasteiger partial charge is 0.495 e. The fourth-order valence-electron chi connectivity index (χ4n) is 1.71. The molecule has 0 radical (unpaired) electrons. The second-order valence-corrected chi connectivity index (χ2v) is 4.67. The van der Waals surface area contributed by atoms with E-state index < -0.39 is 0 Å². The van der Waals surface area contributed by atoms with Gasteiger partial charge in [-0.25, -0.2) is 0 Å². The SMILES string of the molecule is COc1ccccc1NC(=S)N/N=C\c1ccc(C#N)cc1. The van der Waals surface area contributed by atoms with Crippen molar-refractivity contribution in [3.05, 3.63) is 59.7 Å². The van der Waals surface area contributed by atoms with Crippen LogP contribution in [0.2, 0.25) is 0 Å². The van der Waals surface area contributed by atoms with E-state index in [1.807, 2.05) is 24.3 Å². The molecule has 0 fully saturated rings. The molecule has 5 nitrogen and oxygen atoms in total. The Hall–Kier alpha value is -2.91. The van der Waals surface area contributed by atoms with Crippen LogP contribution in [-0.4, -0.2) is 18.4 Å². The van der Waals surface area contributed by atoms with Crippen LogP contribution in [0.3, 0.4) is 0 Å². The van der Waals surface area contributed by atoms with Gasteiger partial charge >= 0.3 is 0 Å². The summed E-state index contributed by atoms with van der Waals surface area (Å²) in [6.07, 6.45) is 1.62. The monoisotopic (exact) mass is 310 g/mol. The van der Waals surface area contributed by atoms with Crippen LogP contribution in [-0.2, 0) is 0 Å². The molecule has 0 spiro atoms. The molecule has 0 saturated carbocycles. The predicted octanol–water partition coefficient (Wildman–Crippen LogP) is 2.89. The number of anilines is 1. The number of methoxy groups -OCH3 is 1. The molecular weight excluding hydrogens is 296 g/mol. The molecule has 0 aliphatic rings. The molecule has 0 aromatic heterocycles. The first kappa shape index (κ1) is 15.5. The highest BCUT2D eigenvalue weighted by Gasteiger charge is 2.02. The number of para-hydroxylation sites is 2. The van der Waals surface area contributed by atoms with Crippen molar-refractivity contribution in [1.29, 1.82) is 5.26 Å². The molecule has 0 bridgehead atoms. The van der Waals surface area contributed by atoms with Gasteiger partial charge in [0, 0.05) is 0 Å². The molecule has 6 heteroatoms. The third kappa shape index (κ3) is 4.30. The summed E-state index contributed by atoms with van der Waals surface area (Å²) in [5.41, 5.74) is 4.97. The highest BCUT2D eigenvalue weighted by molar-refractivity contribution is 7.80. The summed E-state index contributed by atoms with van der Waals surface area (Å²) in [6, 6.07) is 16.6. The highest BCUT2D eigenvalue weighted by atomic mass is 32.1. The molecule has 2 aromatic carbocycles. The van der Waals surface area contributed by atoms with E-state index in [1.165, 1.54) is 0 Å². The minimum Gasteiger partial charge on any atom is -0.495 e.